The first-order chi connectivity index (χ1) is 1.91. The van der Waals surface area contributed by atoms with E-state index in [1.165, 1.54) is 0 Å². The standard InChI is InChI=1S/C2H4BP/c1-2-3-4/h2,4H,1H2. The normalized spacial score (nSPS) is 4.00. The monoisotopic (exact) mass is 70.0 g/mol. The molecule has 4 heavy (non-hydrogen) atoms. The van der Waals surface area contributed by atoms with E-state index >= 15 is 0 Å². The first kappa shape index (κ1) is 4.10. The molecule has 20 valence electrons. The van der Waals surface area contributed by atoms with Crippen LogP contribution in [0.4, 0.5) is 0 Å². The summed E-state index contributed by atoms with van der Waals surface area (Å²) in [6, 6.07) is 0. The van der Waals surface area contributed by atoms with E-state index in [-0.39, 0.29) is 0 Å². The molecule has 0 saturated carbocycles. The first-order valence-corrected chi connectivity index (χ1v) is 1.61. The molecule has 0 bridgehead atoms. The topological polar surface area (TPSA) is 0 Å². The Labute approximate surface area is 28.9 Å². The SMILES string of the molecule is C=CB=P. The van der Waals surface area contributed by atoms with Crippen molar-refractivity contribution in [3.05, 3.63) is 12.6 Å². The number of rotatable bonds is 1. The zero-order valence-electron chi connectivity index (χ0n) is 2.36. The fourth-order valence-corrected chi connectivity index (χ4v) is 0. The van der Waals surface area contributed by atoms with Gasteiger partial charge in [-0.15, -0.1) is 0 Å². The molecule has 0 saturated heterocycles. The molecule has 0 aliphatic carbocycles. The van der Waals surface area contributed by atoms with Gasteiger partial charge in [0, 0.05) is 0 Å². The molecule has 0 unspecified atom stereocenters. The van der Waals surface area contributed by atoms with Crippen molar-refractivity contribution in [2.75, 3.05) is 0 Å². The molecule has 0 atom stereocenters. The summed E-state index contributed by atoms with van der Waals surface area (Å²) < 4.78 is 0. The van der Waals surface area contributed by atoms with Crippen LogP contribution in [0.15, 0.2) is 12.6 Å². The predicted molar refractivity (Wildman–Crippen MR) is 24.3 cm³/mol. The van der Waals surface area contributed by atoms with Crippen molar-refractivity contribution < 1.29 is 0 Å². The minimum absolute atomic E-state index is 1.66. The van der Waals surface area contributed by atoms with E-state index in [4.69, 9.17) is 0 Å². The molecule has 2 heteroatoms. The van der Waals surface area contributed by atoms with Gasteiger partial charge in [-0.25, -0.2) is 0 Å². The summed E-state index contributed by atoms with van der Waals surface area (Å²) in [4.78, 5) is 0. The molecule has 0 nitrogen and oxygen atoms in total. The molecule has 0 amide bonds. The van der Waals surface area contributed by atoms with Crippen molar-refractivity contribution in [2.24, 2.45) is 0 Å². The molecule has 0 heterocycles. The first-order valence-electron chi connectivity index (χ1n) is 1.03. The molecule has 0 rings (SSSR count). The molecule has 0 spiro atoms. The summed E-state index contributed by atoms with van der Waals surface area (Å²) in [7, 11) is 3.04. The summed E-state index contributed by atoms with van der Waals surface area (Å²) in [5.74, 6) is 1.66. The fourth-order valence-electron chi connectivity index (χ4n) is 0. The number of hydrogen-bond donors (Lipinski definition) is 0. The Balaban J connectivity index is 2.73. The molecule has 0 fully saturated rings. The Hall–Kier alpha value is 0.105. The van der Waals surface area contributed by atoms with Gasteiger partial charge in [0.1, 0.15) is 0 Å². The summed E-state index contributed by atoms with van der Waals surface area (Å²) in [5.41, 5.74) is 0. The van der Waals surface area contributed by atoms with Crippen LogP contribution >= 0.6 is 8.73 Å². The van der Waals surface area contributed by atoms with Gasteiger partial charge in [0.05, 0.1) is 0 Å². The molecular weight excluding hydrogens is 65.8 g/mol. The van der Waals surface area contributed by atoms with Crippen LogP contribution in [-0.4, -0.2) is 6.62 Å². The fraction of sp³-hybridized carbons (Fsp3) is 0. The Bertz CT molecular complexity index is 27.0. The van der Waals surface area contributed by atoms with Crippen LogP contribution in [0.2, 0.25) is 0 Å². The van der Waals surface area contributed by atoms with Crippen LogP contribution in [-0.2, 0) is 0 Å². The molecular formula is C2H4BP. The molecule has 0 aromatic heterocycles. The van der Waals surface area contributed by atoms with Crippen LogP contribution in [0, 0.1) is 0 Å². The maximum atomic E-state index is 3.38. The van der Waals surface area contributed by atoms with Gasteiger partial charge in [-0.05, 0) is 0 Å². The van der Waals surface area contributed by atoms with Gasteiger partial charge in [0.2, 0.25) is 0 Å². The average Bonchev–Trinajstić information content (AvgIpc) is 1.37. The van der Waals surface area contributed by atoms with E-state index in [1.807, 2.05) is 0 Å². The van der Waals surface area contributed by atoms with E-state index < -0.39 is 0 Å². The van der Waals surface area contributed by atoms with Crippen molar-refractivity contribution in [3.8, 4) is 0 Å². The van der Waals surface area contributed by atoms with Gasteiger partial charge < -0.3 is 0 Å². The van der Waals surface area contributed by atoms with Crippen LogP contribution in [0.5, 0.6) is 0 Å². The average molecular weight is 69.8 g/mol. The second-order valence-electron chi connectivity index (χ2n) is 0.402. The van der Waals surface area contributed by atoms with E-state index in [0.717, 1.165) is 0 Å². The van der Waals surface area contributed by atoms with E-state index in [9.17, 15) is 0 Å². The van der Waals surface area contributed by atoms with Gasteiger partial charge in [-0.2, -0.15) is 0 Å². The van der Waals surface area contributed by atoms with Crippen molar-refractivity contribution in [1.29, 1.82) is 0 Å². The summed E-state index contributed by atoms with van der Waals surface area (Å²) >= 11 is 0. The van der Waals surface area contributed by atoms with Crippen molar-refractivity contribution >= 4 is 15.3 Å². The minimum atomic E-state index is 1.66. The van der Waals surface area contributed by atoms with E-state index in [0.29, 0.717) is 0 Å². The van der Waals surface area contributed by atoms with Crippen LogP contribution in [0.1, 0.15) is 0 Å². The van der Waals surface area contributed by atoms with Crippen LogP contribution in [0.3, 0.4) is 0 Å². The third-order valence-corrected chi connectivity index (χ3v) is 0.354. The Kier molecular flexibility index (Phi) is 3.19. The van der Waals surface area contributed by atoms with Crippen LogP contribution in [0.25, 0.3) is 0 Å². The van der Waals surface area contributed by atoms with Crippen molar-refractivity contribution in [2.45, 2.75) is 0 Å². The van der Waals surface area contributed by atoms with Gasteiger partial charge >= 0.3 is 27.9 Å². The van der Waals surface area contributed by atoms with E-state index in [2.05, 4.69) is 15.3 Å². The summed E-state index contributed by atoms with van der Waals surface area (Å²) in [5, 5.41) is 0. The predicted octanol–water partition coefficient (Wildman–Crippen LogP) is 0.892. The third-order valence-electron chi connectivity index (χ3n) is 0.118. The Morgan fingerprint density at radius 1 is 2.00 bits per heavy atom. The van der Waals surface area contributed by atoms with Crippen molar-refractivity contribution in [1.82, 2.24) is 0 Å². The molecule has 0 N–H and O–H groups in total. The maximum absolute atomic E-state index is 3.38. The van der Waals surface area contributed by atoms with Gasteiger partial charge in [0.25, 0.3) is 0 Å². The zero-order valence-corrected chi connectivity index (χ0v) is 3.36. The summed E-state index contributed by atoms with van der Waals surface area (Å²) in [6.07, 6.45) is 0. The van der Waals surface area contributed by atoms with Gasteiger partial charge in [0.15, 0.2) is 0 Å². The quantitative estimate of drug-likeness (QED) is 0.317. The number of hydrogen-bond acceptors (Lipinski definition) is 0. The molecule has 0 aliphatic heterocycles. The van der Waals surface area contributed by atoms with Gasteiger partial charge in [-0.3, -0.25) is 0 Å². The van der Waals surface area contributed by atoms with E-state index in [1.54, 1.807) is 12.6 Å². The second-order valence-corrected chi connectivity index (χ2v) is 0.736. The molecule has 0 radical (unpaired) electrons. The summed E-state index contributed by atoms with van der Waals surface area (Å²) in [6.45, 7) is 5.07. The Morgan fingerprint density at radius 3 is 2.25 bits per heavy atom. The molecule has 0 aromatic carbocycles. The Morgan fingerprint density at radius 2 is 2.25 bits per heavy atom. The van der Waals surface area contributed by atoms with Gasteiger partial charge in [-0.1, -0.05) is 0 Å². The van der Waals surface area contributed by atoms with Crippen molar-refractivity contribution in [3.63, 3.8) is 0 Å². The molecule has 0 aliphatic rings. The second kappa shape index (κ2) is 3.10. The van der Waals surface area contributed by atoms with Crippen LogP contribution < -0.4 is 0 Å². The molecule has 0 aromatic rings. The third kappa shape index (κ3) is 2.10. The zero-order chi connectivity index (χ0) is 3.41.